The molecule has 0 aromatic heterocycles. The van der Waals surface area contributed by atoms with Crippen molar-refractivity contribution in [3.05, 3.63) is 57.6 Å². The summed E-state index contributed by atoms with van der Waals surface area (Å²) in [5.41, 5.74) is 1.90. The summed E-state index contributed by atoms with van der Waals surface area (Å²) < 4.78 is 11.5. The number of halogens is 2. The number of β-amino-alcohol motifs (C(OH)–C–C–N with tert-alkyl or cyclic N) is 2. The Balaban J connectivity index is 1.33. The van der Waals surface area contributed by atoms with Gasteiger partial charge in [-0.05, 0) is 61.4 Å². The van der Waals surface area contributed by atoms with E-state index in [1.807, 2.05) is 38.1 Å². The van der Waals surface area contributed by atoms with Gasteiger partial charge >= 0.3 is 0 Å². The number of piperazine rings is 1. The van der Waals surface area contributed by atoms with Gasteiger partial charge in [0.1, 0.15) is 36.9 Å². The molecule has 0 amide bonds. The second-order valence-corrected chi connectivity index (χ2v) is 9.22. The van der Waals surface area contributed by atoms with E-state index in [0.717, 1.165) is 48.8 Å². The first kappa shape index (κ1) is 25.1. The maximum atomic E-state index is 10.4. The zero-order valence-corrected chi connectivity index (χ0v) is 20.1. The molecular formula is C24H32Cl2N2O4. The maximum absolute atomic E-state index is 10.4. The van der Waals surface area contributed by atoms with Gasteiger partial charge in [-0.2, -0.15) is 0 Å². The molecule has 2 atom stereocenters. The summed E-state index contributed by atoms with van der Waals surface area (Å²) in [6.07, 6.45) is -1.14. The highest BCUT2D eigenvalue weighted by Crippen LogP contribution is 2.23. The average Bonchev–Trinajstić information content (AvgIpc) is 2.74. The molecule has 8 heteroatoms. The summed E-state index contributed by atoms with van der Waals surface area (Å²) in [5, 5.41) is 22.1. The van der Waals surface area contributed by atoms with E-state index >= 15 is 0 Å². The predicted octanol–water partition coefficient (Wildman–Crippen LogP) is 3.41. The molecule has 2 aromatic rings. The molecule has 0 aliphatic carbocycles. The van der Waals surface area contributed by atoms with Crippen molar-refractivity contribution >= 4 is 23.2 Å². The maximum Gasteiger partial charge on any atom is 0.122 e. The molecule has 1 heterocycles. The SMILES string of the molecule is Cc1cc(Cl)ccc1OCC(O)CN1CCN(CC(O)COc2ccc(Cl)cc2C)CC1. The van der Waals surface area contributed by atoms with E-state index in [9.17, 15) is 10.2 Å². The Labute approximate surface area is 200 Å². The van der Waals surface area contributed by atoms with Crippen LogP contribution in [0.1, 0.15) is 11.1 Å². The van der Waals surface area contributed by atoms with E-state index in [1.165, 1.54) is 0 Å². The molecule has 2 N–H and O–H groups in total. The third kappa shape index (κ3) is 7.80. The van der Waals surface area contributed by atoms with Gasteiger partial charge in [0.2, 0.25) is 0 Å². The normalized spacial score (nSPS) is 17.2. The summed E-state index contributed by atoms with van der Waals surface area (Å²) in [6, 6.07) is 10.9. The minimum absolute atomic E-state index is 0.239. The van der Waals surface area contributed by atoms with E-state index in [-0.39, 0.29) is 13.2 Å². The minimum Gasteiger partial charge on any atom is -0.491 e. The Hall–Kier alpha value is -1.54. The van der Waals surface area contributed by atoms with Crippen LogP contribution in [0.2, 0.25) is 10.0 Å². The highest BCUT2D eigenvalue weighted by Gasteiger charge is 2.21. The summed E-state index contributed by atoms with van der Waals surface area (Å²) in [4.78, 5) is 4.44. The monoisotopic (exact) mass is 482 g/mol. The van der Waals surface area contributed by atoms with Gasteiger partial charge in [-0.15, -0.1) is 0 Å². The zero-order chi connectivity index (χ0) is 23.1. The van der Waals surface area contributed by atoms with E-state index in [4.69, 9.17) is 32.7 Å². The first-order valence-corrected chi connectivity index (χ1v) is 11.6. The largest absolute Gasteiger partial charge is 0.491 e. The van der Waals surface area contributed by atoms with E-state index in [2.05, 4.69) is 9.80 Å². The number of benzene rings is 2. The molecule has 176 valence electrons. The van der Waals surface area contributed by atoms with Gasteiger partial charge in [0, 0.05) is 49.3 Å². The Kier molecular flexibility index (Phi) is 9.46. The van der Waals surface area contributed by atoms with Crippen LogP contribution in [0, 0.1) is 13.8 Å². The van der Waals surface area contributed by atoms with Crippen LogP contribution in [-0.4, -0.2) is 84.7 Å². The first-order chi connectivity index (χ1) is 15.3. The smallest absolute Gasteiger partial charge is 0.122 e. The summed E-state index contributed by atoms with van der Waals surface area (Å²) in [5.74, 6) is 1.48. The first-order valence-electron chi connectivity index (χ1n) is 10.9. The highest BCUT2D eigenvalue weighted by atomic mass is 35.5. The van der Waals surface area contributed by atoms with Crippen LogP contribution in [0.15, 0.2) is 36.4 Å². The lowest BCUT2D eigenvalue weighted by atomic mass is 10.2. The Bertz CT molecular complexity index is 804. The summed E-state index contributed by atoms with van der Waals surface area (Å²) in [7, 11) is 0. The lowest BCUT2D eigenvalue weighted by molar-refractivity contribution is 0.0239. The third-order valence-corrected chi connectivity index (χ3v) is 6.01. The van der Waals surface area contributed by atoms with Crippen molar-refractivity contribution in [1.29, 1.82) is 0 Å². The molecule has 32 heavy (non-hydrogen) atoms. The van der Waals surface area contributed by atoms with Gasteiger partial charge in [-0.25, -0.2) is 0 Å². The van der Waals surface area contributed by atoms with Gasteiger partial charge in [0.05, 0.1) is 0 Å². The third-order valence-electron chi connectivity index (χ3n) is 5.54. The van der Waals surface area contributed by atoms with E-state index in [0.29, 0.717) is 23.1 Å². The molecule has 0 bridgehead atoms. The number of ether oxygens (including phenoxy) is 2. The van der Waals surface area contributed by atoms with Gasteiger partial charge in [-0.1, -0.05) is 23.2 Å². The predicted molar refractivity (Wildman–Crippen MR) is 128 cm³/mol. The van der Waals surface area contributed by atoms with Crippen molar-refractivity contribution in [2.24, 2.45) is 0 Å². The Morgan fingerprint density at radius 1 is 0.750 bits per heavy atom. The lowest BCUT2D eigenvalue weighted by Crippen LogP contribution is -2.51. The Morgan fingerprint density at radius 3 is 1.47 bits per heavy atom. The molecule has 6 nitrogen and oxygen atoms in total. The molecule has 2 unspecified atom stereocenters. The van der Waals surface area contributed by atoms with Crippen molar-refractivity contribution < 1.29 is 19.7 Å². The van der Waals surface area contributed by atoms with Crippen LogP contribution in [0.5, 0.6) is 11.5 Å². The average molecular weight is 483 g/mol. The molecule has 1 aliphatic rings. The summed E-state index contributed by atoms with van der Waals surface area (Å²) in [6.45, 7) is 8.80. The van der Waals surface area contributed by atoms with Crippen LogP contribution in [0.3, 0.4) is 0 Å². The quantitative estimate of drug-likeness (QED) is 0.540. The summed E-state index contributed by atoms with van der Waals surface area (Å²) >= 11 is 11.9. The number of nitrogens with zero attached hydrogens (tertiary/aromatic N) is 2. The molecule has 1 saturated heterocycles. The minimum atomic E-state index is -0.571. The molecular weight excluding hydrogens is 451 g/mol. The second kappa shape index (κ2) is 12.1. The fourth-order valence-corrected chi connectivity index (χ4v) is 4.23. The number of rotatable bonds is 10. The Morgan fingerprint density at radius 2 is 1.12 bits per heavy atom. The molecule has 0 spiro atoms. The second-order valence-electron chi connectivity index (χ2n) is 8.35. The zero-order valence-electron chi connectivity index (χ0n) is 18.6. The molecule has 0 saturated carbocycles. The fourth-order valence-electron chi connectivity index (χ4n) is 3.78. The number of aryl methyl sites for hydroxylation is 2. The van der Waals surface area contributed by atoms with Crippen molar-refractivity contribution in [3.8, 4) is 11.5 Å². The highest BCUT2D eigenvalue weighted by molar-refractivity contribution is 6.31. The van der Waals surface area contributed by atoms with Crippen LogP contribution < -0.4 is 9.47 Å². The molecule has 3 rings (SSSR count). The topological polar surface area (TPSA) is 65.4 Å². The van der Waals surface area contributed by atoms with Crippen LogP contribution >= 0.6 is 23.2 Å². The lowest BCUT2D eigenvalue weighted by Gasteiger charge is -2.36. The van der Waals surface area contributed by atoms with Gasteiger partial charge in [0.25, 0.3) is 0 Å². The molecule has 2 aromatic carbocycles. The van der Waals surface area contributed by atoms with E-state index < -0.39 is 12.2 Å². The van der Waals surface area contributed by atoms with Crippen LogP contribution in [0.4, 0.5) is 0 Å². The van der Waals surface area contributed by atoms with E-state index in [1.54, 1.807) is 12.1 Å². The van der Waals surface area contributed by atoms with Gasteiger partial charge in [-0.3, -0.25) is 9.80 Å². The van der Waals surface area contributed by atoms with Crippen molar-refractivity contribution in [2.75, 3.05) is 52.5 Å². The number of aliphatic hydroxyl groups is 2. The van der Waals surface area contributed by atoms with Crippen molar-refractivity contribution in [2.45, 2.75) is 26.1 Å². The number of hydrogen-bond donors (Lipinski definition) is 2. The van der Waals surface area contributed by atoms with Crippen molar-refractivity contribution in [3.63, 3.8) is 0 Å². The number of aliphatic hydroxyl groups excluding tert-OH is 2. The molecule has 0 radical (unpaired) electrons. The molecule has 1 fully saturated rings. The fraction of sp³-hybridized carbons (Fsp3) is 0.500. The van der Waals surface area contributed by atoms with Crippen LogP contribution in [0.25, 0.3) is 0 Å². The van der Waals surface area contributed by atoms with Gasteiger partial charge in [0.15, 0.2) is 0 Å². The standard InChI is InChI=1S/C24H32Cl2N2O4/c1-17-11-19(25)3-5-23(17)31-15-21(29)13-27-7-9-28(10-8-27)14-22(30)16-32-24-6-4-20(26)12-18(24)2/h3-6,11-12,21-22,29-30H,7-10,13-16H2,1-2H3. The molecule has 1 aliphatic heterocycles. The van der Waals surface area contributed by atoms with Crippen LogP contribution in [-0.2, 0) is 0 Å². The van der Waals surface area contributed by atoms with Gasteiger partial charge < -0.3 is 19.7 Å². The number of hydrogen-bond acceptors (Lipinski definition) is 6. The van der Waals surface area contributed by atoms with Crippen molar-refractivity contribution in [1.82, 2.24) is 9.80 Å².